The zero-order valence-corrected chi connectivity index (χ0v) is 11.1. The lowest BCUT2D eigenvalue weighted by molar-refractivity contribution is -0.115. The Labute approximate surface area is 109 Å². The third kappa shape index (κ3) is 4.99. The van der Waals surface area contributed by atoms with Crippen LogP contribution in [0.4, 0.5) is 18.9 Å². The second kappa shape index (κ2) is 5.77. The van der Waals surface area contributed by atoms with Crippen molar-refractivity contribution in [2.75, 3.05) is 5.32 Å². The number of benzene rings is 1. The summed E-state index contributed by atoms with van der Waals surface area (Å²) in [6, 6.07) is 5.80. The molecule has 2 nitrogen and oxygen atoms in total. The molecule has 1 rings (SSSR count). The molecule has 0 aromatic heterocycles. The van der Waals surface area contributed by atoms with Crippen molar-refractivity contribution in [2.24, 2.45) is 0 Å². The molecule has 7 heteroatoms. The maximum Gasteiger partial charge on any atom is 0.446 e. The molecule has 1 unspecified atom stereocenters. The van der Waals surface area contributed by atoms with Crippen molar-refractivity contribution in [1.29, 1.82) is 0 Å². The van der Waals surface area contributed by atoms with Gasteiger partial charge in [-0.3, -0.25) is 4.79 Å². The van der Waals surface area contributed by atoms with Crippen LogP contribution in [0.25, 0.3) is 0 Å². The van der Waals surface area contributed by atoms with Gasteiger partial charge in [-0.2, -0.15) is 13.2 Å². The maximum atomic E-state index is 12.3. The average Bonchev–Trinajstić information content (AvgIpc) is 2.18. The van der Waals surface area contributed by atoms with Crippen LogP contribution < -0.4 is 5.32 Å². The molecule has 94 valence electrons. The minimum absolute atomic E-state index is 0.0264. The summed E-state index contributed by atoms with van der Waals surface area (Å²) in [5.74, 6) is -0.389. The number of carbonyl (C=O) groups excluding carboxylic acids is 1. The molecule has 0 aliphatic heterocycles. The molecule has 0 fully saturated rings. The molecular formula is C10H9BrF3NOS. The van der Waals surface area contributed by atoms with Gasteiger partial charge < -0.3 is 5.32 Å². The Hall–Kier alpha value is -0.690. The van der Waals surface area contributed by atoms with Crippen molar-refractivity contribution < 1.29 is 18.0 Å². The van der Waals surface area contributed by atoms with Gasteiger partial charge in [-0.05, 0) is 30.8 Å². The Morgan fingerprint density at radius 3 is 2.53 bits per heavy atom. The number of amides is 1. The molecule has 1 amide bonds. The van der Waals surface area contributed by atoms with E-state index in [4.69, 9.17) is 0 Å². The molecule has 0 aliphatic rings. The molecule has 0 aliphatic carbocycles. The van der Waals surface area contributed by atoms with Crippen LogP contribution in [-0.2, 0) is 4.79 Å². The van der Waals surface area contributed by atoms with Gasteiger partial charge in [0, 0.05) is 4.90 Å². The van der Waals surface area contributed by atoms with Gasteiger partial charge in [-0.1, -0.05) is 28.1 Å². The molecule has 1 aromatic carbocycles. The quantitative estimate of drug-likeness (QED) is 0.671. The summed E-state index contributed by atoms with van der Waals surface area (Å²) < 4.78 is 36.8. The first-order chi connectivity index (χ1) is 7.79. The number of para-hydroxylation sites is 1. The van der Waals surface area contributed by atoms with Gasteiger partial charge in [-0.25, -0.2) is 0 Å². The molecule has 1 N–H and O–H groups in total. The molecule has 1 atom stereocenters. The number of rotatable bonds is 3. The summed E-state index contributed by atoms with van der Waals surface area (Å²) in [5, 5.41) is 2.43. The van der Waals surface area contributed by atoms with Gasteiger partial charge >= 0.3 is 5.51 Å². The monoisotopic (exact) mass is 327 g/mol. The molecule has 0 radical (unpaired) electrons. The van der Waals surface area contributed by atoms with Crippen LogP contribution in [0, 0.1) is 0 Å². The van der Waals surface area contributed by atoms with E-state index in [1.54, 1.807) is 13.0 Å². The number of anilines is 1. The molecular weight excluding hydrogens is 319 g/mol. The number of nitrogens with one attached hydrogen (secondary N) is 1. The number of thioether (sulfide) groups is 1. The lowest BCUT2D eigenvalue weighted by Crippen LogP contribution is -2.20. The summed E-state index contributed by atoms with van der Waals surface area (Å²) in [6.07, 6.45) is 0. The molecule has 0 saturated carbocycles. The highest BCUT2D eigenvalue weighted by Crippen LogP contribution is 2.40. The van der Waals surface area contributed by atoms with Crippen molar-refractivity contribution >= 4 is 39.3 Å². The minimum Gasteiger partial charge on any atom is -0.324 e. The van der Waals surface area contributed by atoms with Crippen LogP contribution in [0.2, 0.25) is 0 Å². The zero-order valence-electron chi connectivity index (χ0n) is 8.72. The van der Waals surface area contributed by atoms with E-state index in [1.165, 1.54) is 18.2 Å². The second-order valence-electron chi connectivity index (χ2n) is 3.15. The number of alkyl halides is 4. The van der Waals surface area contributed by atoms with Crippen LogP contribution in [0.15, 0.2) is 29.2 Å². The third-order valence-corrected chi connectivity index (χ3v) is 2.96. The van der Waals surface area contributed by atoms with Crippen molar-refractivity contribution in [3.05, 3.63) is 24.3 Å². The Balaban J connectivity index is 2.89. The summed E-state index contributed by atoms with van der Waals surface area (Å²) in [6.45, 7) is 1.59. The first kappa shape index (κ1) is 14.4. The largest absolute Gasteiger partial charge is 0.446 e. The van der Waals surface area contributed by atoms with Crippen molar-refractivity contribution in [3.63, 3.8) is 0 Å². The van der Waals surface area contributed by atoms with Crippen molar-refractivity contribution in [3.8, 4) is 0 Å². The SMILES string of the molecule is CC(Br)C(=O)Nc1ccccc1SC(F)(F)F. The van der Waals surface area contributed by atoms with E-state index in [-0.39, 0.29) is 28.3 Å². The zero-order chi connectivity index (χ0) is 13.1. The predicted octanol–water partition coefficient (Wildman–Crippen LogP) is 4.02. The summed E-state index contributed by atoms with van der Waals surface area (Å²) in [4.78, 5) is 10.9. The fraction of sp³-hybridized carbons (Fsp3) is 0.300. The predicted molar refractivity (Wildman–Crippen MR) is 65.4 cm³/mol. The highest BCUT2D eigenvalue weighted by Gasteiger charge is 2.30. The van der Waals surface area contributed by atoms with E-state index in [0.717, 1.165) is 0 Å². The minimum atomic E-state index is -4.37. The van der Waals surface area contributed by atoms with E-state index in [2.05, 4.69) is 21.2 Å². The topological polar surface area (TPSA) is 29.1 Å². The van der Waals surface area contributed by atoms with Crippen molar-refractivity contribution in [2.45, 2.75) is 22.2 Å². The van der Waals surface area contributed by atoms with Gasteiger partial charge in [0.1, 0.15) is 0 Å². The first-order valence-corrected chi connectivity index (χ1v) is 6.32. The molecule has 1 aromatic rings. The van der Waals surface area contributed by atoms with Gasteiger partial charge in [-0.15, -0.1) is 0 Å². The molecule has 0 heterocycles. The fourth-order valence-electron chi connectivity index (χ4n) is 1.02. The van der Waals surface area contributed by atoms with Crippen molar-refractivity contribution in [1.82, 2.24) is 0 Å². The number of carbonyl (C=O) groups is 1. The van der Waals surface area contributed by atoms with Crippen LogP contribution in [0.1, 0.15) is 6.92 Å². The third-order valence-electron chi connectivity index (χ3n) is 1.73. The molecule has 0 bridgehead atoms. The number of halogens is 4. The highest BCUT2D eigenvalue weighted by atomic mass is 79.9. The van der Waals surface area contributed by atoms with Gasteiger partial charge in [0.05, 0.1) is 10.5 Å². The highest BCUT2D eigenvalue weighted by molar-refractivity contribution is 9.10. The maximum absolute atomic E-state index is 12.3. The molecule has 0 spiro atoms. The first-order valence-electron chi connectivity index (χ1n) is 4.59. The van der Waals surface area contributed by atoms with Crippen LogP contribution in [0.3, 0.4) is 0 Å². The van der Waals surface area contributed by atoms with Gasteiger partial charge in [0.25, 0.3) is 0 Å². The summed E-state index contributed by atoms with van der Waals surface area (Å²) in [5.41, 5.74) is -4.22. The van der Waals surface area contributed by atoms with Gasteiger partial charge in [0.15, 0.2) is 0 Å². The van der Waals surface area contributed by atoms with E-state index in [9.17, 15) is 18.0 Å². The van der Waals surface area contributed by atoms with E-state index in [0.29, 0.717) is 0 Å². The lowest BCUT2D eigenvalue weighted by Gasteiger charge is -2.12. The molecule has 0 saturated heterocycles. The molecule has 17 heavy (non-hydrogen) atoms. The Morgan fingerprint density at radius 1 is 1.41 bits per heavy atom. The van der Waals surface area contributed by atoms with Crippen LogP contribution in [-0.4, -0.2) is 16.2 Å². The van der Waals surface area contributed by atoms with E-state index in [1.807, 2.05) is 0 Å². The fourth-order valence-corrected chi connectivity index (χ4v) is 1.76. The Kier molecular flexibility index (Phi) is 4.88. The smallest absolute Gasteiger partial charge is 0.324 e. The van der Waals surface area contributed by atoms with E-state index < -0.39 is 10.3 Å². The lowest BCUT2D eigenvalue weighted by atomic mass is 10.3. The Morgan fingerprint density at radius 2 is 2.00 bits per heavy atom. The normalized spacial score (nSPS) is 13.2. The van der Waals surface area contributed by atoms with Crippen LogP contribution >= 0.6 is 27.7 Å². The number of hydrogen-bond acceptors (Lipinski definition) is 2. The van der Waals surface area contributed by atoms with E-state index >= 15 is 0 Å². The Bertz CT molecular complexity index is 409. The van der Waals surface area contributed by atoms with Crippen LogP contribution in [0.5, 0.6) is 0 Å². The number of hydrogen-bond donors (Lipinski definition) is 1. The standard InChI is InChI=1S/C10H9BrF3NOS/c1-6(11)9(16)15-7-4-2-3-5-8(7)17-10(12,13)14/h2-6H,1H3,(H,15,16). The second-order valence-corrected chi connectivity index (χ2v) is 5.63. The summed E-state index contributed by atoms with van der Waals surface area (Å²) >= 11 is 2.79. The van der Waals surface area contributed by atoms with Gasteiger partial charge in [0.2, 0.25) is 5.91 Å². The summed E-state index contributed by atoms with van der Waals surface area (Å²) in [7, 11) is 0. The average molecular weight is 328 g/mol.